The molecule has 0 aliphatic carbocycles. The quantitative estimate of drug-likeness (QED) is 0.681. The molecule has 0 unspecified atom stereocenters. The normalized spacial score (nSPS) is 9.82. The molecular formula is C9H23NO. The fourth-order valence-electron chi connectivity index (χ4n) is 0.474. The first-order valence-electron chi connectivity index (χ1n) is 4.33. The van der Waals surface area contributed by atoms with E-state index in [2.05, 4.69) is 25.9 Å². The van der Waals surface area contributed by atoms with E-state index in [0.29, 0.717) is 0 Å². The molecule has 0 aliphatic heterocycles. The van der Waals surface area contributed by atoms with Crippen LogP contribution in [0.25, 0.3) is 0 Å². The van der Waals surface area contributed by atoms with Gasteiger partial charge in [-0.25, -0.2) is 0 Å². The van der Waals surface area contributed by atoms with Gasteiger partial charge in [-0.1, -0.05) is 13.3 Å². The summed E-state index contributed by atoms with van der Waals surface area (Å²) in [5, 5.41) is 8.06. The third-order valence-corrected chi connectivity index (χ3v) is 0.959. The number of aliphatic hydroxyl groups is 1. The minimum Gasteiger partial charge on any atom is -0.394 e. The van der Waals surface area contributed by atoms with Crippen molar-refractivity contribution in [2.75, 3.05) is 20.6 Å². The Bertz CT molecular complexity index is 59.8. The third kappa shape index (κ3) is 40.5. The lowest BCUT2D eigenvalue weighted by Gasteiger charge is -2.05. The lowest BCUT2D eigenvalue weighted by molar-refractivity contribution is 0.216. The molecule has 11 heavy (non-hydrogen) atoms. The van der Waals surface area contributed by atoms with Crippen LogP contribution in [0.2, 0.25) is 0 Å². The van der Waals surface area contributed by atoms with Crippen molar-refractivity contribution in [1.82, 2.24) is 4.90 Å². The van der Waals surface area contributed by atoms with Gasteiger partial charge in [0.15, 0.2) is 0 Å². The van der Waals surface area contributed by atoms with Gasteiger partial charge in [0.2, 0.25) is 0 Å². The maximum Gasteiger partial charge on any atom is 0.0483 e. The number of nitrogens with zero attached hydrogens (tertiary/aromatic N) is 1. The fraction of sp³-hybridized carbons (Fsp3) is 1.00. The predicted molar refractivity (Wildman–Crippen MR) is 50.8 cm³/mol. The number of unbranched alkanes of at least 4 members (excludes halogenated alkanes) is 1. The molecular weight excluding hydrogens is 138 g/mol. The summed E-state index contributed by atoms with van der Waals surface area (Å²) in [7, 11) is 4.21. The van der Waals surface area contributed by atoms with Gasteiger partial charge < -0.3 is 10.0 Å². The monoisotopic (exact) mass is 161 g/mol. The maximum absolute atomic E-state index is 8.06. The first kappa shape index (κ1) is 13.5. The molecule has 1 N–H and O–H groups in total. The number of aliphatic hydroxyl groups excluding tert-OH is 1. The van der Waals surface area contributed by atoms with Crippen molar-refractivity contribution in [3.8, 4) is 0 Å². The van der Waals surface area contributed by atoms with E-state index in [9.17, 15) is 0 Å². The highest BCUT2D eigenvalue weighted by molar-refractivity contribution is 4.39. The van der Waals surface area contributed by atoms with Crippen molar-refractivity contribution in [2.45, 2.75) is 39.7 Å². The zero-order chi connectivity index (χ0) is 9.28. The lowest BCUT2D eigenvalue weighted by Crippen LogP contribution is -2.12. The maximum atomic E-state index is 8.06. The van der Waals surface area contributed by atoms with E-state index in [1.165, 1.54) is 19.4 Å². The molecule has 0 aromatic heterocycles. The molecule has 0 saturated carbocycles. The van der Waals surface area contributed by atoms with Crippen molar-refractivity contribution in [2.24, 2.45) is 0 Å². The SMILES string of the molecule is CC(C)O.CCCCN(C)C. The van der Waals surface area contributed by atoms with E-state index in [0.717, 1.165) is 0 Å². The smallest absolute Gasteiger partial charge is 0.0483 e. The van der Waals surface area contributed by atoms with Gasteiger partial charge >= 0.3 is 0 Å². The van der Waals surface area contributed by atoms with Gasteiger partial charge in [0.25, 0.3) is 0 Å². The second-order valence-corrected chi connectivity index (χ2v) is 3.25. The van der Waals surface area contributed by atoms with Crippen LogP contribution in [0.5, 0.6) is 0 Å². The summed E-state index contributed by atoms with van der Waals surface area (Å²) >= 11 is 0. The van der Waals surface area contributed by atoms with Crippen LogP contribution < -0.4 is 0 Å². The molecule has 0 fully saturated rings. The Labute approximate surface area is 71.2 Å². The van der Waals surface area contributed by atoms with Gasteiger partial charge in [0, 0.05) is 6.10 Å². The van der Waals surface area contributed by atoms with Crippen molar-refractivity contribution < 1.29 is 5.11 Å². The highest BCUT2D eigenvalue weighted by Crippen LogP contribution is 1.86. The summed E-state index contributed by atoms with van der Waals surface area (Å²) in [6.07, 6.45) is 2.46. The molecule has 70 valence electrons. The van der Waals surface area contributed by atoms with E-state index in [-0.39, 0.29) is 6.10 Å². The van der Waals surface area contributed by atoms with Crippen molar-refractivity contribution in [3.63, 3.8) is 0 Å². The molecule has 2 heteroatoms. The molecule has 0 rings (SSSR count). The van der Waals surface area contributed by atoms with Gasteiger partial charge in [-0.05, 0) is 40.9 Å². The molecule has 2 nitrogen and oxygen atoms in total. The Morgan fingerprint density at radius 2 is 1.64 bits per heavy atom. The average molecular weight is 161 g/mol. The average Bonchev–Trinajstić information content (AvgIpc) is 1.82. The van der Waals surface area contributed by atoms with Crippen molar-refractivity contribution >= 4 is 0 Å². The van der Waals surface area contributed by atoms with Gasteiger partial charge in [-0.3, -0.25) is 0 Å². The second-order valence-electron chi connectivity index (χ2n) is 3.25. The molecule has 0 spiro atoms. The van der Waals surface area contributed by atoms with Crippen LogP contribution in [0.3, 0.4) is 0 Å². The van der Waals surface area contributed by atoms with E-state index < -0.39 is 0 Å². The van der Waals surface area contributed by atoms with Gasteiger partial charge in [-0.2, -0.15) is 0 Å². The van der Waals surface area contributed by atoms with Gasteiger partial charge in [0.1, 0.15) is 0 Å². The molecule has 0 aromatic carbocycles. The van der Waals surface area contributed by atoms with Crippen LogP contribution in [0, 0.1) is 0 Å². The summed E-state index contributed by atoms with van der Waals surface area (Å²) < 4.78 is 0. The number of hydrogen-bond donors (Lipinski definition) is 1. The van der Waals surface area contributed by atoms with Crippen molar-refractivity contribution in [1.29, 1.82) is 0 Å². The largest absolute Gasteiger partial charge is 0.394 e. The second kappa shape index (κ2) is 9.92. The van der Waals surface area contributed by atoms with E-state index in [1.807, 2.05) is 0 Å². The molecule has 0 radical (unpaired) electrons. The minimum absolute atomic E-state index is 0.167. The molecule has 0 heterocycles. The summed E-state index contributed by atoms with van der Waals surface area (Å²) in [5.74, 6) is 0. The Morgan fingerprint density at radius 1 is 1.27 bits per heavy atom. The fourth-order valence-corrected chi connectivity index (χ4v) is 0.474. The number of hydrogen-bond acceptors (Lipinski definition) is 2. The molecule has 0 atom stereocenters. The first-order chi connectivity index (χ1) is 5.00. The zero-order valence-electron chi connectivity index (χ0n) is 8.59. The van der Waals surface area contributed by atoms with Gasteiger partial charge in [0.05, 0.1) is 0 Å². The van der Waals surface area contributed by atoms with E-state index >= 15 is 0 Å². The molecule has 0 amide bonds. The van der Waals surface area contributed by atoms with Crippen LogP contribution in [0.4, 0.5) is 0 Å². The van der Waals surface area contributed by atoms with Gasteiger partial charge in [-0.15, -0.1) is 0 Å². The van der Waals surface area contributed by atoms with Crippen LogP contribution in [-0.4, -0.2) is 36.8 Å². The Hall–Kier alpha value is -0.0800. The standard InChI is InChI=1S/C6H15N.C3H8O/c1-4-5-6-7(2)3;1-3(2)4/h4-6H2,1-3H3;3-4H,1-2H3. The van der Waals surface area contributed by atoms with E-state index in [1.54, 1.807) is 13.8 Å². The molecule has 0 aliphatic rings. The molecule has 0 aromatic rings. The van der Waals surface area contributed by atoms with E-state index in [4.69, 9.17) is 5.11 Å². The summed E-state index contributed by atoms with van der Waals surface area (Å²) in [6.45, 7) is 6.89. The van der Waals surface area contributed by atoms with Crippen LogP contribution in [0.1, 0.15) is 33.6 Å². The van der Waals surface area contributed by atoms with Crippen LogP contribution in [-0.2, 0) is 0 Å². The molecule has 0 bridgehead atoms. The first-order valence-corrected chi connectivity index (χ1v) is 4.33. The lowest BCUT2D eigenvalue weighted by atomic mass is 10.3. The molecule has 0 saturated heterocycles. The summed E-state index contributed by atoms with van der Waals surface area (Å²) in [4.78, 5) is 2.21. The Balaban J connectivity index is 0. The highest BCUT2D eigenvalue weighted by Gasteiger charge is 1.83. The summed E-state index contributed by atoms with van der Waals surface area (Å²) in [5.41, 5.74) is 0. The predicted octanol–water partition coefficient (Wildman–Crippen LogP) is 1.74. The highest BCUT2D eigenvalue weighted by atomic mass is 16.3. The van der Waals surface area contributed by atoms with Crippen LogP contribution >= 0.6 is 0 Å². The zero-order valence-corrected chi connectivity index (χ0v) is 8.59. The summed E-state index contributed by atoms with van der Waals surface area (Å²) in [6, 6.07) is 0. The Kier molecular flexibility index (Phi) is 12.2. The Morgan fingerprint density at radius 3 is 1.73 bits per heavy atom. The number of rotatable bonds is 3. The topological polar surface area (TPSA) is 23.5 Å². The third-order valence-electron chi connectivity index (χ3n) is 0.959. The minimum atomic E-state index is -0.167. The van der Waals surface area contributed by atoms with Crippen LogP contribution in [0.15, 0.2) is 0 Å². The van der Waals surface area contributed by atoms with Crippen molar-refractivity contribution in [3.05, 3.63) is 0 Å².